The highest BCUT2D eigenvalue weighted by Crippen LogP contribution is 2.20. The summed E-state index contributed by atoms with van der Waals surface area (Å²) < 4.78 is 60.9. The fraction of sp³-hybridized carbons (Fsp3) is 0.182. The lowest BCUT2D eigenvalue weighted by Gasteiger charge is -2.08. The summed E-state index contributed by atoms with van der Waals surface area (Å²) >= 11 is 5.95. The summed E-state index contributed by atoms with van der Waals surface area (Å²) in [5.74, 6) is 0. The molecule has 2 aromatic rings. The van der Waals surface area contributed by atoms with Crippen LogP contribution in [0, 0.1) is 0 Å². The van der Waals surface area contributed by atoms with Crippen molar-refractivity contribution in [2.45, 2.75) is 5.51 Å². The highest BCUT2D eigenvalue weighted by molar-refractivity contribution is 7.86. The highest BCUT2D eigenvalue weighted by Gasteiger charge is 2.36. The number of aromatic nitrogens is 1. The van der Waals surface area contributed by atoms with Crippen LogP contribution in [0.4, 0.5) is 13.2 Å². The second kappa shape index (κ2) is 5.94. The van der Waals surface area contributed by atoms with Crippen molar-refractivity contribution in [3.05, 3.63) is 41.6 Å². The van der Waals surface area contributed by atoms with Crippen LogP contribution in [0.1, 0.15) is 0 Å². The molecule has 0 aliphatic carbocycles. The summed E-state index contributed by atoms with van der Waals surface area (Å²) in [7, 11) is -4.13. The number of halogens is 4. The third kappa shape index (κ3) is 4.06. The van der Waals surface area contributed by atoms with Gasteiger partial charge in [0.1, 0.15) is 7.05 Å². The van der Waals surface area contributed by atoms with Crippen molar-refractivity contribution in [2.75, 3.05) is 0 Å². The third-order valence-electron chi connectivity index (χ3n) is 2.30. The first-order chi connectivity index (χ1) is 9.04. The van der Waals surface area contributed by atoms with Gasteiger partial charge in [0.25, 0.3) is 5.15 Å². The fourth-order valence-electron chi connectivity index (χ4n) is 1.32. The quantitative estimate of drug-likeness (QED) is 0.323. The first-order valence-electron chi connectivity index (χ1n) is 5.09. The van der Waals surface area contributed by atoms with E-state index in [4.69, 9.17) is 24.6 Å². The van der Waals surface area contributed by atoms with E-state index in [1.807, 2.05) is 35.9 Å². The fourth-order valence-corrected chi connectivity index (χ4v) is 1.47. The van der Waals surface area contributed by atoms with E-state index < -0.39 is 15.6 Å². The number of para-hydroxylation sites is 1. The van der Waals surface area contributed by atoms with Crippen molar-refractivity contribution in [3.63, 3.8) is 0 Å². The van der Waals surface area contributed by atoms with Crippen LogP contribution < -0.4 is 4.57 Å². The Kier molecular flexibility index (Phi) is 4.95. The number of alkyl halides is 3. The molecule has 0 atom stereocenters. The van der Waals surface area contributed by atoms with Crippen LogP contribution in [0.15, 0.2) is 36.4 Å². The average molecular weight is 328 g/mol. The van der Waals surface area contributed by atoms with Crippen LogP contribution >= 0.6 is 11.6 Å². The lowest BCUT2D eigenvalue weighted by molar-refractivity contribution is -0.642. The summed E-state index contributed by atoms with van der Waals surface area (Å²) in [6, 6.07) is 12.1. The van der Waals surface area contributed by atoms with Gasteiger partial charge in [-0.3, -0.25) is 0 Å². The molecule has 0 saturated carbocycles. The number of nitrogens with zero attached hydrogens (tertiary/aromatic N) is 1. The minimum Gasteiger partial charge on any atom is -0.741 e. The van der Waals surface area contributed by atoms with Gasteiger partial charge in [-0.15, -0.1) is 0 Å². The molecule has 0 N–H and O–H groups in total. The smallest absolute Gasteiger partial charge is 0.485 e. The largest absolute Gasteiger partial charge is 0.741 e. The Balaban J connectivity index is 0.000000221. The van der Waals surface area contributed by atoms with E-state index in [0.29, 0.717) is 0 Å². The number of hydrogen-bond donors (Lipinski definition) is 0. The van der Waals surface area contributed by atoms with E-state index in [1.165, 1.54) is 5.39 Å². The molecule has 0 saturated heterocycles. The zero-order chi connectivity index (χ0) is 15.6. The highest BCUT2D eigenvalue weighted by atomic mass is 35.5. The second-order valence-electron chi connectivity index (χ2n) is 3.67. The molecule has 20 heavy (non-hydrogen) atoms. The monoisotopic (exact) mass is 327 g/mol. The molecule has 1 aromatic heterocycles. The number of benzene rings is 1. The van der Waals surface area contributed by atoms with Gasteiger partial charge >= 0.3 is 5.51 Å². The number of pyridine rings is 1. The van der Waals surface area contributed by atoms with Gasteiger partial charge < -0.3 is 4.55 Å². The Morgan fingerprint density at radius 2 is 1.65 bits per heavy atom. The van der Waals surface area contributed by atoms with Gasteiger partial charge in [-0.05, 0) is 23.7 Å². The first-order valence-corrected chi connectivity index (χ1v) is 6.88. The van der Waals surface area contributed by atoms with Crippen molar-refractivity contribution in [2.24, 2.45) is 7.05 Å². The molecule has 0 aliphatic rings. The summed E-state index contributed by atoms with van der Waals surface area (Å²) in [5, 5.41) is 1.97. The second-order valence-corrected chi connectivity index (χ2v) is 5.43. The molecule has 0 radical (unpaired) electrons. The van der Waals surface area contributed by atoms with Gasteiger partial charge in [0, 0.05) is 17.5 Å². The van der Waals surface area contributed by atoms with Gasteiger partial charge in [0.2, 0.25) is 5.52 Å². The molecule has 110 valence electrons. The minimum absolute atomic E-state index is 0.758. The SMILES string of the molecule is C[n+]1c(Cl)ccc2ccccc21.O=S(=O)([O-])C(F)(F)F. The number of rotatable bonds is 0. The molecule has 9 heteroatoms. The van der Waals surface area contributed by atoms with E-state index in [1.54, 1.807) is 0 Å². The third-order valence-corrected chi connectivity index (χ3v) is 3.25. The van der Waals surface area contributed by atoms with E-state index in [2.05, 4.69) is 12.1 Å². The Hall–Kier alpha value is -1.38. The van der Waals surface area contributed by atoms with Gasteiger partial charge in [0.15, 0.2) is 10.1 Å². The number of hydrogen-bond acceptors (Lipinski definition) is 3. The van der Waals surface area contributed by atoms with Crippen molar-refractivity contribution in [3.8, 4) is 0 Å². The van der Waals surface area contributed by atoms with E-state index in [-0.39, 0.29) is 0 Å². The molecule has 0 bridgehead atoms. The molecule has 1 aromatic carbocycles. The maximum absolute atomic E-state index is 10.7. The van der Waals surface area contributed by atoms with Crippen molar-refractivity contribution in [1.29, 1.82) is 0 Å². The van der Waals surface area contributed by atoms with Gasteiger partial charge in [-0.2, -0.15) is 17.7 Å². The van der Waals surface area contributed by atoms with Gasteiger partial charge in [-0.25, -0.2) is 8.42 Å². The normalized spacial score (nSPS) is 11.9. The summed E-state index contributed by atoms with van der Waals surface area (Å²) in [4.78, 5) is 0. The lowest BCUT2D eigenvalue weighted by Crippen LogP contribution is -2.30. The van der Waals surface area contributed by atoms with Crippen LogP contribution in [-0.2, 0) is 17.2 Å². The Bertz CT molecular complexity index is 716. The summed E-state index contributed by atoms with van der Waals surface area (Å²) in [6.45, 7) is 0. The van der Waals surface area contributed by atoms with E-state index >= 15 is 0 Å². The van der Waals surface area contributed by atoms with E-state index in [0.717, 1.165) is 10.7 Å². The van der Waals surface area contributed by atoms with E-state index in [9.17, 15) is 13.2 Å². The van der Waals surface area contributed by atoms with Gasteiger partial charge in [0.05, 0.1) is 0 Å². The van der Waals surface area contributed by atoms with Crippen molar-refractivity contribution in [1.82, 2.24) is 0 Å². The van der Waals surface area contributed by atoms with Crippen LogP contribution in [-0.4, -0.2) is 18.5 Å². The maximum Gasteiger partial charge on any atom is 0.485 e. The molecule has 1 heterocycles. The summed E-state index contributed by atoms with van der Waals surface area (Å²) in [5.41, 5.74) is -4.49. The molecule has 0 spiro atoms. The molecular weight excluding hydrogens is 319 g/mol. The average Bonchev–Trinajstić information content (AvgIpc) is 2.33. The number of fused-ring (bicyclic) bond motifs is 1. The molecule has 0 amide bonds. The topological polar surface area (TPSA) is 61.1 Å². The van der Waals surface area contributed by atoms with Gasteiger partial charge in [-0.1, -0.05) is 12.1 Å². The zero-order valence-corrected chi connectivity index (χ0v) is 11.6. The molecule has 4 nitrogen and oxygen atoms in total. The molecule has 0 fully saturated rings. The van der Waals surface area contributed by atoms with Crippen LogP contribution in [0.5, 0.6) is 0 Å². The standard InChI is InChI=1S/C10H9ClN.CHF3O3S/c1-12-9-5-3-2-4-8(9)6-7-10(12)11;2-1(3,4)8(5,6)7/h2-7H,1H3;(H,5,6,7)/q+1;/p-1. The molecular formula is C11H9ClF3NO3S. The maximum atomic E-state index is 10.7. The summed E-state index contributed by atoms with van der Waals surface area (Å²) in [6.07, 6.45) is 0. The molecule has 0 aliphatic heterocycles. The van der Waals surface area contributed by atoms with Crippen LogP contribution in [0.3, 0.4) is 0 Å². The predicted molar refractivity (Wildman–Crippen MR) is 65.9 cm³/mol. The van der Waals surface area contributed by atoms with Crippen LogP contribution in [0.25, 0.3) is 10.9 Å². The van der Waals surface area contributed by atoms with Crippen molar-refractivity contribution >= 4 is 32.6 Å². The molecule has 0 unspecified atom stereocenters. The Morgan fingerprint density at radius 3 is 2.15 bits per heavy atom. The molecule has 2 rings (SSSR count). The predicted octanol–water partition coefficient (Wildman–Crippen LogP) is 2.37. The van der Waals surface area contributed by atoms with Crippen molar-refractivity contribution < 1.29 is 30.7 Å². The first kappa shape index (κ1) is 16.7. The Morgan fingerprint density at radius 1 is 1.15 bits per heavy atom. The van der Waals surface area contributed by atoms with Crippen LogP contribution in [0.2, 0.25) is 5.15 Å². The number of aryl methyl sites for hydroxylation is 1. The lowest BCUT2D eigenvalue weighted by atomic mass is 10.2. The minimum atomic E-state index is -6.09. The zero-order valence-electron chi connectivity index (χ0n) is 10.1. The Labute approximate surface area is 118 Å².